The van der Waals surface area contributed by atoms with E-state index in [0.29, 0.717) is 13.0 Å². The Morgan fingerprint density at radius 3 is 2.28 bits per heavy atom. The fourth-order valence-corrected chi connectivity index (χ4v) is 2.48. The molecule has 7 heteroatoms. The smallest absolute Gasteiger partial charge is 0.408 e. The fraction of sp³-hybridized carbons (Fsp3) is 0.722. The van der Waals surface area contributed by atoms with E-state index in [-0.39, 0.29) is 5.97 Å². The van der Waals surface area contributed by atoms with Crippen molar-refractivity contribution in [2.75, 3.05) is 7.11 Å². The first-order valence-corrected chi connectivity index (χ1v) is 8.34. The molecule has 0 spiro atoms. The first-order chi connectivity index (χ1) is 11.3. The van der Waals surface area contributed by atoms with Crippen molar-refractivity contribution in [1.82, 2.24) is 14.9 Å². The zero-order chi connectivity index (χ0) is 19.5. The number of ether oxygens (including phenoxy) is 2. The molecule has 1 aromatic heterocycles. The normalized spacial score (nSPS) is 12.6. The molecule has 0 aliphatic carbocycles. The summed E-state index contributed by atoms with van der Waals surface area (Å²) in [5.74, 6) is -0.279. The standard InChI is InChI=1S/C18H31N3O4/c1-16(2,3)25-15(23)20-18(6,7)9-13-10-19-12-21(13)11-17(4,5)14(22)24-8/h10,12H,9,11H2,1-8H3,(H,20,23). The molecule has 0 aliphatic rings. The number of nitrogens with one attached hydrogen (secondary N) is 1. The second-order valence-electron chi connectivity index (χ2n) is 8.58. The number of alkyl carbamates (subject to hydrolysis) is 1. The number of nitrogens with zero attached hydrogens (tertiary/aromatic N) is 2. The average molecular weight is 353 g/mol. The minimum Gasteiger partial charge on any atom is -0.469 e. The largest absolute Gasteiger partial charge is 0.469 e. The minimum absolute atomic E-state index is 0.279. The Kier molecular flexibility index (Phi) is 6.26. The van der Waals surface area contributed by atoms with Crippen LogP contribution < -0.4 is 5.32 Å². The molecule has 0 saturated heterocycles. The number of esters is 1. The molecule has 1 heterocycles. The topological polar surface area (TPSA) is 82.5 Å². The lowest BCUT2D eigenvalue weighted by atomic mass is 9.93. The average Bonchev–Trinajstić information content (AvgIpc) is 2.80. The second-order valence-corrected chi connectivity index (χ2v) is 8.58. The first kappa shape index (κ1) is 21.0. The molecule has 142 valence electrons. The number of aromatic nitrogens is 2. The molecule has 25 heavy (non-hydrogen) atoms. The summed E-state index contributed by atoms with van der Waals surface area (Å²) in [7, 11) is 1.38. The van der Waals surface area contributed by atoms with Gasteiger partial charge in [-0.05, 0) is 48.5 Å². The Labute approximate surface area is 150 Å². The molecule has 1 rings (SSSR count). The van der Waals surface area contributed by atoms with Crippen molar-refractivity contribution < 1.29 is 19.1 Å². The first-order valence-electron chi connectivity index (χ1n) is 8.34. The molecule has 0 bridgehead atoms. The molecule has 0 aromatic carbocycles. The number of imidazole rings is 1. The van der Waals surface area contributed by atoms with Gasteiger partial charge in [0.15, 0.2) is 0 Å². The highest BCUT2D eigenvalue weighted by Crippen LogP contribution is 2.22. The van der Waals surface area contributed by atoms with Crippen LogP contribution in [-0.4, -0.2) is 39.9 Å². The van der Waals surface area contributed by atoms with E-state index in [9.17, 15) is 9.59 Å². The van der Waals surface area contributed by atoms with Gasteiger partial charge in [-0.15, -0.1) is 0 Å². The quantitative estimate of drug-likeness (QED) is 0.795. The molecular weight excluding hydrogens is 322 g/mol. The third kappa shape index (κ3) is 6.76. The summed E-state index contributed by atoms with van der Waals surface area (Å²) in [6.07, 6.45) is 3.51. The molecule has 0 saturated carbocycles. The molecule has 0 aliphatic heterocycles. The number of carbonyl (C=O) groups is 2. The SMILES string of the molecule is COC(=O)C(C)(C)Cn1cncc1CC(C)(C)NC(=O)OC(C)(C)C. The van der Waals surface area contributed by atoms with Gasteiger partial charge in [-0.2, -0.15) is 0 Å². The Balaban J connectivity index is 2.82. The monoisotopic (exact) mass is 353 g/mol. The summed E-state index contributed by atoms with van der Waals surface area (Å²) in [5.41, 5.74) is -0.840. The highest BCUT2D eigenvalue weighted by molar-refractivity contribution is 5.75. The number of hydrogen-bond acceptors (Lipinski definition) is 5. The Hall–Kier alpha value is -2.05. The fourth-order valence-electron chi connectivity index (χ4n) is 2.48. The highest BCUT2D eigenvalue weighted by Gasteiger charge is 2.31. The maximum Gasteiger partial charge on any atom is 0.408 e. The van der Waals surface area contributed by atoms with Gasteiger partial charge < -0.3 is 19.4 Å². The van der Waals surface area contributed by atoms with E-state index in [0.717, 1.165) is 5.69 Å². The van der Waals surface area contributed by atoms with Gasteiger partial charge in [-0.25, -0.2) is 9.78 Å². The Morgan fingerprint density at radius 1 is 1.16 bits per heavy atom. The van der Waals surface area contributed by atoms with Crippen LogP contribution in [0.25, 0.3) is 0 Å². The highest BCUT2D eigenvalue weighted by atomic mass is 16.6. The van der Waals surface area contributed by atoms with Crippen LogP contribution in [0.5, 0.6) is 0 Å². The van der Waals surface area contributed by atoms with Crippen LogP contribution in [0.3, 0.4) is 0 Å². The van der Waals surface area contributed by atoms with Crippen LogP contribution in [0.1, 0.15) is 54.2 Å². The second kappa shape index (κ2) is 7.45. The van der Waals surface area contributed by atoms with E-state index in [1.807, 2.05) is 53.0 Å². The maximum atomic E-state index is 12.0. The lowest BCUT2D eigenvalue weighted by molar-refractivity contribution is -0.151. The lowest BCUT2D eigenvalue weighted by Gasteiger charge is -2.29. The molecule has 0 radical (unpaired) electrons. The third-order valence-corrected chi connectivity index (χ3v) is 3.56. The van der Waals surface area contributed by atoms with Crippen LogP contribution in [0.2, 0.25) is 0 Å². The number of methoxy groups -OCH3 is 1. The van der Waals surface area contributed by atoms with E-state index in [2.05, 4.69) is 10.3 Å². The minimum atomic E-state index is -0.674. The maximum absolute atomic E-state index is 12.0. The van der Waals surface area contributed by atoms with Gasteiger partial charge in [-0.3, -0.25) is 4.79 Å². The predicted molar refractivity (Wildman–Crippen MR) is 95.2 cm³/mol. The van der Waals surface area contributed by atoms with E-state index >= 15 is 0 Å². The van der Waals surface area contributed by atoms with E-state index in [1.54, 1.807) is 12.5 Å². The summed E-state index contributed by atoms with van der Waals surface area (Å²) < 4.78 is 12.1. The molecule has 0 fully saturated rings. The zero-order valence-electron chi connectivity index (χ0n) is 16.6. The van der Waals surface area contributed by atoms with Crippen LogP contribution in [0, 0.1) is 5.41 Å². The zero-order valence-corrected chi connectivity index (χ0v) is 16.6. The molecular formula is C18H31N3O4. The summed E-state index contributed by atoms with van der Waals surface area (Å²) in [4.78, 5) is 28.1. The van der Waals surface area contributed by atoms with E-state index in [1.165, 1.54) is 7.11 Å². The molecule has 1 amide bonds. The Morgan fingerprint density at radius 2 is 1.76 bits per heavy atom. The number of rotatable bonds is 6. The van der Waals surface area contributed by atoms with Gasteiger partial charge in [0.1, 0.15) is 5.60 Å². The molecule has 1 aromatic rings. The number of hydrogen-bond donors (Lipinski definition) is 1. The summed E-state index contributed by atoms with van der Waals surface area (Å²) >= 11 is 0. The van der Waals surface area contributed by atoms with Crippen LogP contribution in [0.15, 0.2) is 12.5 Å². The Bertz CT molecular complexity index is 612. The van der Waals surface area contributed by atoms with Crippen molar-refractivity contribution in [2.24, 2.45) is 5.41 Å². The van der Waals surface area contributed by atoms with Crippen LogP contribution in [-0.2, 0) is 27.2 Å². The van der Waals surface area contributed by atoms with Crippen molar-refractivity contribution in [3.05, 3.63) is 18.2 Å². The van der Waals surface area contributed by atoms with Gasteiger partial charge in [0.05, 0.1) is 18.9 Å². The van der Waals surface area contributed by atoms with E-state index < -0.39 is 22.6 Å². The van der Waals surface area contributed by atoms with Gasteiger partial charge in [0.2, 0.25) is 0 Å². The third-order valence-electron chi connectivity index (χ3n) is 3.56. The summed E-state index contributed by atoms with van der Waals surface area (Å²) in [5, 5.41) is 2.88. The van der Waals surface area contributed by atoms with Gasteiger partial charge in [-0.1, -0.05) is 0 Å². The van der Waals surface area contributed by atoms with E-state index in [4.69, 9.17) is 9.47 Å². The van der Waals surface area contributed by atoms with Crippen LogP contribution >= 0.6 is 0 Å². The molecule has 0 unspecified atom stereocenters. The summed E-state index contributed by atoms with van der Waals surface area (Å²) in [6, 6.07) is 0. The van der Waals surface area contributed by atoms with Crippen molar-refractivity contribution in [1.29, 1.82) is 0 Å². The predicted octanol–water partition coefficient (Wildman–Crippen LogP) is 2.93. The molecule has 0 atom stereocenters. The van der Waals surface area contributed by atoms with Gasteiger partial charge >= 0.3 is 12.1 Å². The van der Waals surface area contributed by atoms with Gasteiger partial charge in [0.25, 0.3) is 0 Å². The van der Waals surface area contributed by atoms with Crippen LogP contribution in [0.4, 0.5) is 4.79 Å². The number of amides is 1. The van der Waals surface area contributed by atoms with Crippen molar-refractivity contribution in [2.45, 2.75) is 72.6 Å². The van der Waals surface area contributed by atoms with Crippen molar-refractivity contribution >= 4 is 12.1 Å². The summed E-state index contributed by atoms with van der Waals surface area (Å²) in [6.45, 7) is 13.4. The van der Waals surface area contributed by atoms with Gasteiger partial charge in [0, 0.05) is 30.4 Å². The molecule has 7 nitrogen and oxygen atoms in total. The molecule has 1 N–H and O–H groups in total. The van der Waals surface area contributed by atoms with Crippen molar-refractivity contribution in [3.8, 4) is 0 Å². The number of carbonyl (C=O) groups excluding carboxylic acids is 2. The lowest BCUT2D eigenvalue weighted by Crippen LogP contribution is -2.47. The van der Waals surface area contributed by atoms with Crippen molar-refractivity contribution in [3.63, 3.8) is 0 Å².